The number of aromatic nitrogens is 4. The van der Waals surface area contributed by atoms with Gasteiger partial charge in [0.25, 0.3) is 0 Å². The summed E-state index contributed by atoms with van der Waals surface area (Å²) in [6.45, 7) is 3.56. The Balaban J connectivity index is 1.53. The zero-order chi connectivity index (χ0) is 19.3. The third-order valence-electron chi connectivity index (χ3n) is 5.00. The SMILES string of the molecule is CCc1nc2ccc(C3=NCCN3c3nc4ccc(C(=N)N)cc4[nH]3)cc2[nH]1. The molecule has 0 spiro atoms. The first-order chi connectivity index (χ1) is 13.6. The van der Waals surface area contributed by atoms with Crippen molar-refractivity contribution < 1.29 is 0 Å². The maximum atomic E-state index is 7.62. The number of hydrogen-bond acceptors (Lipinski definition) is 5. The van der Waals surface area contributed by atoms with Crippen LogP contribution < -0.4 is 10.6 Å². The van der Waals surface area contributed by atoms with E-state index in [9.17, 15) is 0 Å². The number of H-pyrrole nitrogens is 2. The molecule has 2 aromatic carbocycles. The molecular weight excluding hydrogens is 352 g/mol. The number of nitrogens with one attached hydrogen (secondary N) is 3. The van der Waals surface area contributed by atoms with Crippen molar-refractivity contribution in [1.82, 2.24) is 19.9 Å². The van der Waals surface area contributed by atoms with Crippen LogP contribution in [0.4, 0.5) is 5.95 Å². The lowest BCUT2D eigenvalue weighted by atomic mass is 10.1. The largest absolute Gasteiger partial charge is 0.384 e. The van der Waals surface area contributed by atoms with E-state index in [0.717, 1.165) is 58.2 Å². The first kappa shape index (κ1) is 16.5. The van der Waals surface area contributed by atoms with Gasteiger partial charge in [-0.25, -0.2) is 9.97 Å². The average molecular weight is 372 g/mol. The Kier molecular flexibility index (Phi) is 3.65. The quantitative estimate of drug-likeness (QED) is 0.325. The molecule has 5 N–H and O–H groups in total. The lowest BCUT2D eigenvalue weighted by Crippen LogP contribution is -2.29. The molecule has 0 radical (unpaired) electrons. The number of nitrogen functional groups attached to an aromatic ring is 1. The van der Waals surface area contributed by atoms with E-state index < -0.39 is 0 Å². The van der Waals surface area contributed by atoms with Gasteiger partial charge in [0.15, 0.2) is 0 Å². The van der Waals surface area contributed by atoms with Gasteiger partial charge in [-0.05, 0) is 36.4 Å². The molecule has 2 aromatic heterocycles. The Morgan fingerprint density at radius 3 is 2.71 bits per heavy atom. The number of amidine groups is 2. The smallest absolute Gasteiger partial charge is 0.209 e. The number of hydrogen-bond donors (Lipinski definition) is 4. The number of nitrogens with zero attached hydrogens (tertiary/aromatic N) is 4. The second-order valence-corrected chi connectivity index (χ2v) is 6.83. The van der Waals surface area contributed by atoms with E-state index in [1.807, 2.05) is 24.3 Å². The van der Waals surface area contributed by atoms with Crippen LogP contribution in [-0.4, -0.2) is 44.7 Å². The molecule has 28 heavy (non-hydrogen) atoms. The molecular formula is C20H20N8. The predicted molar refractivity (Wildman–Crippen MR) is 111 cm³/mol. The van der Waals surface area contributed by atoms with Gasteiger partial charge >= 0.3 is 0 Å². The highest BCUT2D eigenvalue weighted by Gasteiger charge is 2.23. The van der Waals surface area contributed by atoms with Crippen molar-refractivity contribution in [2.45, 2.75) is 13.3 Å². The van der Waals surface area contributed by atoms with Crippen LogP contribution in [0.25, 0.3) is 22.1 Å². The van der Waals surface area contributed by atoms with Crippen LogP contribution in [0, 0.1) is 5.41 Å². The third kappa shape index (κ3) is 2.61. The summed E-state index contributed by atoms with van der Waals surface area (Å²) in [6, 6.07) is 11.7. The van der Waals surface area contributed by atoms with Gasteiger partial charge < -0.3 is 15.7 Å². The van der Waals surface area contributed by atoms with Crippen LogP contribution in [0.5, 0.6) is 0 Å². The van der Waals surface area contributed by atoms with E-state index in [1.54, 1.807) is 0 Å². The Bertz CT molecular complexity index is 1250. The van der Waals surface area contributed by atoms with Gasteiger partial charge in [0.05, 0.1) is 28.6 Å². The predicted octanol–water partition coefficient (Wildman–Crippen LogP) is 2.55. The van der Waals surface area contributed by atoms with Crippen LogP contribution in [0.1, 0.15) is 23.9 Å². The molecule has 0 atom stereocenters. The molecule has 140 valence electrons. The van der Waals surface area contributed by atoms with Crippen LogP contribution in [0.2, 0.25) is 0 Å². The van der Waals surface area contributed by atoms with E-state index in [0.29, 0.717) is 12.1 Å². The number of rotatable bonds is 4. The van der Waals surface area contributed by atoms with Crippen molar-refractivity contribution in [1.29, 1.82) is 5.41 Å². The molecule has 0 saturated heterocycles. The molecule has 0 unspecified atom stereocenters. The highest BCUT2D eigenvalue weighted by molar-refractivity contribution is 6.12. The minimum atomic E-state index is 0.0424. The van der Waals surface area contributed by atoms with Crippen LogP contribution in [0.15, 0.2) is 41.4 Å². The van der Waals surface area contributed by atoms with Crippen molar-refractivity contribution >= 4 is 39.7 Å². The maximum Gasteiger partial charge on any atom is 0.209 e. The van der Waals surface area contributed by atoms with E-state index in [2.05, 4.69) is 38.9 Å². The van der Waals surface area contributed by atoms with Gasteiger partial charge in [-0.1, -0.05) is 6.92 Å². The second-order valence-electron chi connectivity index (χ2n) is 6.83. The minimum Gasteiger partial charge on any atom is -0.384 e. The number of fused-ring (bicyclic) bond motifs is 2. The van der Waals surface area contributed by atoms with E-state index in [-0.39, 0.29) is 5.84 Å². The zero-order valence-electron chi connectivity index (χ0n) is 15.5. The van der Waals surface area contributed by atoms with Gasteiger partial charge in [-0.2, -0.15) is 0 Å². The number of nitrogens with two attached hydrogens (primary N) is 1. The molecule has 3 heterocycles. The molecule has 5 rings (SSSR count). The van der Waals surface area contributed by atoms with Gasteiger partial charge in [0.2, 0.25) is 5.95 Å². The Labute approximate surface area is 161 Å². The molecule has 0 bridgehead atoms. The van der Waals surface area contributed by atoms with E-state index in [4.69, 9.17) is 21.1 Å². The number of aromatic amines is 2. The highest BCUT2D eigenvalue weighted by atomic mass is 15.3. The molecule has 8 nitrogen and oxygen atoms in total. The summed E-state index contributed by atoms with van der Waals surface area (Å²) < 4.78 is 0. The standard InChI is InChI=1S/C20H20N8/c1-2-17-24-13-6-4-12(10-15(13)25-17)19-23-7-8-28(19)20-26-14-5-3-11(18(21)22)9-16(14)27-20/h3-6,9-10H,2,7-8H2,1H3,(H3,21,22)(H,24,25)(H,26,27). The first-order valence-corrected chi connectivity index (χ1v) is 9.27. The third-order valence-corrected chi connectivity index (χ3v) is 5.00. The monoisotopic (exact) mass is 372 g/mol. The van der Waals surface area contributed by atoms with Crippen LogP contribution >= 0.6 is 0 Å². The van der Waals surface area contributed by atoms with E-state index >= 15 is 0 Å². The summed E-state index contributed by atoms with van der Waals surface area (Å²) in [7, 11) is 0. The molecule has 4 aromatic rings. The summed E-state index contributed by atoms with van der Waals surface area (Å²) in [4.78, 5) is 22.8. The van der Waals surface area contributed by atoms with Crippen molar-refractivity contribution in [2.75, 3.05) is 18.0 Å². The molecule has 1 aliphatic heterocycles. The van der Waals surface area contributed by atoms with Gasteiger partial charge in [-0.15, -0.1) is 0 Å². The fourth-order valence-corrected chi connectivity index (χ4v) is 3.56. The summed E-state index contributed by atoms with van der Waals surface area (Å²) in [5, 5.41) is 7.62. The van der Waals surface area contributed by atoms with Crippen molar-refractivity contribution in [3.63, 3.8) is 0 Å². The first-order valence-electron chi connectivity index (χ1n) is 9.27. The van der Waals surface area contributed by atoms with Crippen molar-refractivity contribution in [2.24, 2.45) is 10.7 Å². The summed E-state index contributed by atoms with van der Waals surface area (Å²) in [6.07, 6.45) is 0.873. The second kappa shape index (κ2) is 6.19. The summed E-state index contributed by atoms with van der Waals surface area (Å²) in [5.41, 5.74) is 11.0. The normalized spacial score (nSPS) is 14.2. The molecule has 0 amide bonds. The van der Waals surface area contributed by atoms with Crippen molar-refractivity contribution in [3.8, 4) is 0 Å². The van der Waals surface area contributed by atoms with E-state index in [1.165, 1.54) is 0 Å². The maximum absolute atomic E-state index is 7.62. The van der Waals surface area contributed by atoms with Gasteiger partial charge in [-0.3, -0.25) is 15.3 Å². The Morgan fingerprint density at radius 1 is 1.11 bits per heavy atom. The lowest BCUT2D eigenvalue weighted by Gasteiger charge is -2.17. The summed E-state index contributed by atoms with van der Waals surface area (Å²) >= 11 is 0. The zero-order valence-corrected chi connectivity index (χ0v) is 15.5. The number of benzene rings is 2. The Morgan fingerprint density at radius 2 is 1.89 bits per heavy atom. The number of anilines is 1. The summed E-state index contributed by atoms with van der Waals surface area (Å²) in [5.74, 6) is 2.66. The fourth-order valence-electron chi connectivity index (χ4n) is 3.56. The molecule has 0 aliphatic carbocycles. The fraction of sp³-hybridized carbons (Fsp3) is 0.200. The van der Waals surface area contributed by atoms with Crippen LogP contribution in [-0.2, 0) is 6.42 Å². The minimum absolute atomic E-state index is 0.0424. The number of aryl methyl sites for hydroxylation is 1. The Hall–Kier alpha value is -3.68. The average Bonchev–Trinajstić information content (AvgIpc) is 3.42. The van der Waals surface area contributed by atoms with Gasteiger partial charge in [0.1, 0.15) is 17.5 Å². The lowest BCUT2D eigenvalue weighted by molar-refractivity contribution is 0.988. The van der Waals surface area contributed by atoms with Gasteiger partial charge in [0, 0.05) is 24.1 Å². The molecule has 0 saturated carbocycles. The van der Waals surface area contributed by atoms with Crippen molar-refractivity contribution in [3.05, 3.63) is 53.3 Å². The molecule has 8 heteroatoms. The topological polar surface area (TPSA) is 123 Å². The number of imidazole rings is 2. The number of aliphatic imine (C=N–C) groups is 1. The molecule has 0 fully saturated rings. The highest BCUT2D eigenvalue weighted by Crippen LogP contribution is 2.24. The van der Waals surface area contributed by atoms with Crippen LogP contribution in [0.3, 0.4) is 0 Å². The molecule has 1 aliphatic rings.